The molecule has 4 nitrogen and oxygen atoms in total. The van der Waals surface area contributed by atoms with E-state index in [-0.39, 0.29) is 12.0 Å². The van der Waals surface area contributed by atoms with Crippen LogP contribution in [0.4, 0.5) is 0 Å². The van der Waals surface area contributed by atoms with Gasteiger partial charge < -0.3 is 10.5 Å². The number of nitrogens with zero attached hydrogens (tertiary/aromatic N) is 1. The number of nitrogens with two attached hydrogens (primary N) is 1. The molecule has 2 N–H and O–H groups in total. The van der Waals surface area contributed by atoms with Crippen molar-refractivity contribution >= 4 is 5.97 Å². The minimum atomic E-state index is -0.243. The van der Waals surface area contributed by atoms with Crippen LogP contribution >= 0.6 is 0 Å². The van der Waals surface area contributed by atoms with Crippen LogP contribution in [0.3, 0.4) is 0 Å². The van der Waals surface area contributed by atoms with Gasteiger partial charge in [-0.3, -0.25) is 9.69 Å². The van der Waals surface area contributed by atoms with Crippen LogP contribution in [-0.2, 0) is 9.53 Å². The fourth-order valence-electron chi connectivity index (χ4n) is 2.49. The van der Waals surface area contributed by atoms with Gasteiger partial charge in [0, 0.05) is 6.54 Å². The lowest BCUT2D eigenvalue weighted by Gasteiger charge is -2.35. The molecular formula is C12H24N2O2. The highest BCUT2D eigenvalue weighted by molar-refractivity contribution is 5.75. The van der Waals surface area contributed by atoms with Gasteiger partial charge in [0.25, 0.3) is 0 Å². The standard InChI is InChI=1S/C12H24N2O2/c1-3-4-10-5-7-14(8-6-10)11(9-13)12(15)16-2/h10-11H,3-9,13H2,1-2H3. The Hall–Kier alpha value is -0.610. The molecule has 1 fully saturated rings. The van der Waals surface area contributed by atoms with Gasteiger partial charge in [0.05, 0.1) is 7.11 Å². The predicted octanol–water partition coefficient (Wildman–Crippen LogP) is 0.999. The third kappa shape index (κ3) is 3.46. The van der Waals surface area contributed by atoms with E-state index >= 15 is 0 Å². The summed E-state index contributed by atoms with van der Waals surface area (Å²) in [6.07, 6.45) is 4.92. The van der Waals surface area contributed by atoms with Crippen molar-refractivity contribution < 1.29 is 9.53 Å². The summed E-state index contributed by atoms with van der Waals surface area (Å²) in [7, 11) is 1.43. The Morgan fingerprint density at radius 1 is 1.50 bits per heavy atom. The normalized spacial score (nSPS) is 20.7. The molecule has 0 radical (unpaired) electrons. The number of methoxy groups -OCH3 is 1. The van der Waals surface area contributed by atoms with Gasteiger partial charge >= 0.3 is 5.97 Å². The molecule has 0 spiro atoms. The summed E-state index contributed by atoms with van der Waals surface area (Å²) in [5.41, 5.74) is 5.63. The molecule has 0 aromatic rings. The van der Waals surface area contributed by atoms with E-state index in [0.29, 0.717) is 6.54 Å². The van der Waals surface area contributed by atoms with Gasteiger partial charge in [-0.15, -0.1) is 0 Å². The third-order valence-electron chi connectivity index (χ3n) is 3.48. The van der Waals surface area contributed by atoms with Crippen molar-refractivity contribution in [2.45, 2.75) is 38.6 Å². The van der Waals surface area contributed by atoms with Gasteiger partial charge in [-0.2, -0.15) is 0 Å². The molecule has 1 rings (SSSR count). The van der Waals surface area contributed by atoms with Crippen molar-refractivity contribution in [3.63, 3.8) is 0 Å². The minimum Gasteiger partial charge on any atom is -0.468 e. The molecule has 0 saturated carbocycles. The molecule has 0 amide bonds. The first-order chi connectivity index (χ1) is 7.72. The average Bonchev–Trinajstić information content (AvgIpc) is 2.32. The Morgan fingerprint density at radius 2 is 2.12 bits per heavy atom. The molecular weight excluding hydrogens is 204 g/mol. The number of esters is 1. The van der Waals surface area contributed by atoms with Crippen LogP contribution < -0.4 is 5.73 Å². The Bertz CT molecular complexity index is 213. The first-order valence-corrected chi connectivity index (χ1v) is 6.24. The summed E-state index contributed by atoms with van der Waals surface area (Å²) in [6, 6.07) is -0.243. The summed E-state index contributed by atoms with van der Waals surface area (Å²) in [6.45, 7) is 4.53. The number of rotatable bonds is 5. The Kier molecular flexibility index (Phi) is 5.77. The smallest absolute Gasteiger partial charge is 0.324 e. The number of hydrogen-bond donors (Lipinski definition) is 1. The van der Waals surface area contributed by atoms with E-state index < -0.39 is 0 Å². The van der Waals surface area contributed by atoms with E-state index in [1.165, 1.54) is 32.8 Å². The van der Waals surface area contributed by atoms with Gasteiger partial charge in [0.2, 0.25) is 0 Å². The van der Waals surface area contributed by atoms with Crippen molar-refractivity contribution in [1.29, 1.82) is 0 Å². The maximum atomic E-state index is 11.5. The highest BCUT2D eigenvalue weighted by Gasteiger charge is 2.28. The zero-order chi connectivity index (χ0) is 12.0. The van der Waals surface area contributed by atoms with E-state index in [0.717, 1.165) is 19.0 Å². The first-order valence-electron chi connectivity index (χ1n) is 6.24. The second kappa shape index (κ2) is 6.86. The van der Waals surface area contributed by atoms with Gasteiger partial charge in [-0.1, -0.05) is 19.8 Å². The minimum absolute atomic E-state index is 0.198. The average molecular weight is 228 g/mol. The quantitative estimate of drug-likeness (QED) is 0.713. The summed E-state index contributed by atoms with van der Waals surface area (Å²) < 4.78 is 4.77. The largest absolute Gasteiger partial charge is 0.468 e. The molecule has 1 atom stereocenters. The molecule has 0 bridgehead atoms. The van der Waals surface area contributed by atoms with Gasteiger partial charge in [0.15, 0.2) is 0 Å². The Balaban J connectivity index is 2.41. The van der Waals surface area contributed by atoms with Crippen LogP contribution in [0.15, 0.2) is 0 Å². The van der Waals surface area contributed by atoms with E-state index in [1.807, 2.05) is 0 Å². The van der Waals surface area contributed by atoms with E-state index in [1.54, 1.807) is 0 Å². The molecule has 0 aromatic heterocycles. The topological polar surface area (TPSA) is 55.6 Å². The van der Waals surface area contributed by atoms with E-state index in [4.69, 9.17) is 10.5 Å². The first kappa shape index (κ1) is 13.5. The number of ether oxygens (including phenoxy) is 1. The van der Waals surface area contributed by atoms with Crippen LogP contribution in [0.1, 0.15) is 32.6 Å². The van der Waals surface area contributed by atoms with Crippen molar-refractivity contribution in [3.05, 3.63) is 0 Å². The van der Waals surface area contributed by atoms with Crippen LogP contribution in [0.5, 0.6) is 0 Å². The number of hydrogen-bond acceptors (Lipinski definition) is 4. The number of carbonyl (C=O) groups is 1. The fourth-order valence-corrected chi connectivity index (χ4v) is 2.49. The maximum Gasteiger partial charge on any atom is 0.324 e. The van der Waals surface area contributed by atoms with Crippen LogP contribution in [-0.4, -0.2) is 43.7 Å². The highest BCUT2D eigenvalue weighted by Crippen LogP contribution is 2.22. The molecule has 16 heavy (non-hydrogen) atoms. The van der Waals surface area contributed by atoms with E-state index in [9.17, 15) is 4.79 Å². The fraction of sp³-hybridized carbons (Fsp3) is 0.917. The summed E-state index contributed by atoms with van der Waals surface area (Å²) >= 11 is 0. The molecule has 1 unspecified atom stereocenters. The lowest BCUT2D eigenvalue weighted by Crippen LogP contribution is -2.49. The monoisotopic (exact) mass is 228 g/mol. The summed E-state index contributed by atoms with van der Waals surface area (Å²) in [5, 5.41) is 0. The Morgan fingerprint density at radius 3 is 2.56 bits per heavy atom. The van der Waals surface area contributed by atoms with Crippen molar-refractivity contribution in [3.8, 4) is 0 Å². The zero-order valence-corrected chi connectivity index (χ0v) is 10.4. The predicted molar refractivity (Wildman–Crippen MR) is 64.1 cm³/mol. The molecule has 0 aliphatic carbocycles. The maximum absolute atomic E-state index is 11.5. The number of likely N-dealkylation sites (tertiary alicyclic amines) is 1. The SMILES string of the molecule is CCCC1CCN(C(CN)C(=O)OC)CC1. The van der Waals surface area contributed by atoms with Crippen molar-refractivity contribution in [1.82, 2.24) is 4.90 Å². The molecule has 1 aliphatic heterocycles. The molecule has 1 aliphatic rings. The van der Waals surface area contributed by atoms with Crippen LogP contribution in [0.25, 0.3) is 0 Å². The number of piperidine rings is 1. The molecule has 0 aromatic carbocycles. The lowest BCUT2D eigenvalue weighted by molar-refractivity contribution is -0.147. The van der Waals surface area contributed by atoms with Crippen molar-refractivity contribution in [2.24, 2.45) is 11.7 Å². The second-order valence-electron chi connectivity index (χ2n) is 4.54. The van der Waals surface area contributed by atoms with Gasteiger partial charge in [-0.05, 0) is 31.8 Å². The summed E-state index contributed by atoms with van der Waals surface area (Å²) in [4.78, 5) is 13.7. The zero-order valence-electron chi connectivity index (χ0n) is 10.4. The van der Waals surface area contributed by atoms with Gasteiger partial charge in [-0.25, -0.2) is 0 Å². The summed E-state index contributed by atoms with van der Waals surface area (Å²) in [5.74, 6) is 0.633. The molecule has 4 heteroatoms. The van der Waals surface area contributed by atoms with Crippen LogP contribution in [0, 0.1) is 5.92 Å². The lowest BCUT2D eigenvalue weighted by atomic mass is 9.92. The molecule has 94 valence electrons. The highest BCUT2D eigenvalue weighted by atomic mass is 16.5. The Labute approximate surface area is 98.1 Å². The van der Waals surface area contributed by atoms with Crippen LogP contribution in [0.2, 0.25) is 0 Å². The second-order valence-corrected chi connectivity index (χ2v) is 4.54. The number of carbonyl (C=O) groups excluding carboxylic acids is 1. The molecule has 1 saturated heterocycles. The third-order valence-corrected chi connectivity index (χ3v) is 3.48. The van der Waals surface area contributed by atoms with E-state index in [2.05, 4.69) is 11.8 Å². The van der Waals surface area contributed by atoms with Crippen molar-refractivity contribution in [2.75, 3.05) is 26.7 Å². The van der Waals surface area contributed by atoms with Gasteiger partial charge in [0.1, 0.15) is 6.04 Å². The molecule has 1 heterocycles.